The highest BCUT2D eigenvalue weighted by atomic mass is 32.2. The monoisotopic (exact) mass is 535 g/mol. The van der Waals surface area contributed by atoms with Crippen molar-refractivity contribution in [1.82, 2.24) is 14.5 Å². The van der Waals surface area contributed by atoms with Crippen LogP contribution < -0.4 is 5.32 Å². The first-order chi connectivity index (χ1) is 18.1. The van der Waals surface area contributed by atoms with Crippen LogP contribution in [0, 0.1) is 6.92 Å². The number of aryl methyl sites for hydroxylation is 1. The van der Waals surface area contributed by atoms with Crippen molar-refractivity contribution in [3.63, 3.8) is 0 Å². The zero-order chi connectivity index (χ0) is 27.3. The summed E-state index contributed by atoms with van der Waals surface area (Å²) in [4.78, 5) is 28.4. The van der Waals surface area contributed by atoms with Crippen molar-refractivity contribution < 1.29 is 18.0 Å². The summed E-state index contributed by atoms with van der Waals surface area (Å²) < 4.78 is 27.8. The summed E-state index contributed by atoms with van der Waals surface area (Å²) >= 11 is 0. The van der Waals surface area contributed by atoms with Crippen LogP contribution in [0.15, 0.2) is 71.6 Å². The lowest BCUT2D eigenvalue weighted by Crippen LogP contribution is -2.52. The molecular weight excluding hydrogens is 498 g/mol. The van der Waals surface area contributed by atoms with Crippen molar-refractivity contribution in [2.24, 2.45) is 0 Å². The maximum absolute atomic E-state index is 13.6. The molecule has 0 heterocycles. The molecule has 1 fully saturated rings. The Morgan fingerprint density at radius 2 is 1.66 bits per heavy atom. The Bertz CT molecular complexity index is 1400. The van der Waals surface area contributed by atoms with E-state index in [9.17, 15) is 18.0 Å². The SMILES string of the molecule is Cc1cccc(CN(C(=O)CN(C)S(=O)(=O)c2ccc3ccccc3c2)[C@H](C)C(=O)NC2CCCCC2)c1. The Kier molecular flexibility index (Phi) is 8.84. The van der Waals surface area contributed by atoms with E-state index in [4.69, 9.17) is 0 Å². The third-order valence-electron chi connectivity index (χ3n) is 7.34. The van der Waals surface area contributed by atoms with Gasteiger partial charge in [-0.15, -0.1) is 0 Å². The van der Waals surface area contributed by atoms with E-state index in [1.165, 1.54) is 18.4 Å². The summed E-state index contributed by atoms with van der Waals surface area (Å²) in [6.45, 7) is 3.52. The minimum Gasteiger partial charge on any atom is -0.352 e. The molecule has 1 aliphatic carbocycles. The lowest BCUT2D eigenvalue weighted by atomic mass is 9.95. The second-order valence-corrected chi connectivity index (χ2v) is 12.3. The molecule has 202 valence electrons. The molecular formula is C30H37N3O4S. The van der Waals surface area contributed by atoms with E-state index in [1.807, 2.05) is 55.5 Å². The zero-order valence-corrected chi connectivity index (χ0v) is 23.2. The normalized spacial score (nSPS) is 15.4. The molecule has 4 rings (SSSR count). The van der Waals surface area contributed by atoms with Gasteiger partial charge in [0.05, 0.1) is 11.4 Å². The first-order valence-corrected chi connectivity index (χ1v) is 14.7. The predicted octanol–water partition coefficient (Wildman–Crippen LogP) is 4.63. The second kappa shape index (κ2) is 12.1. The number of nitrogens with one attached hydrogen (secondary N) is 1. The van der Waals surface area contributed by atoms with Gasteiger partial charge in [0.2, 0.25) is 21.8 Å². The summed E-state index contributed by atoms with van der Waals surface area (Å²) in [5, 5.41) is 4.86. The van der Waals surface area contributed by atoms with Gasteiger partial charge in [0, 0.05) is 19.6 Å². The first kappa shape index (κ1) is 27.8. The lowest BCUT2D eigenvalue weighted by molar-refractivity contribution is -0.141. The molecule has 0 aliphatic heterocycles. The van der Waals surface area contributed by atoms with Crippen molar-refractivity contribution >= 4 is 32.6 Å². The molecule has 0 spiro atoms. The molecule has 2 amide bonds. The number of carbonyl (C=O) groups is 2. The van der Waals surface area contributed by atoms with E-state index in [0.29, 0.717) is 0 Å². The van der Waals surface area contributed by atoms with Gasteiger partial charge >= 0.3 is 0 Å². The summed E-state index contributed by atoms with van der Waals surface area (Å²) in [6.07, 6.45) is 5.23. The number of amides is 2. The number of sulfonamides is 1. The van der Waals surface area contributed by atoms with Crippen molar-refractivity contribution in [2.75, 3.05) is 13.6 Å². The third-order valence-corrected chi connectivity index (χ3v) is 9.14. The maximum Gasteiger partial charge on any atom is 0.243 e. The Morgan fingerprint density at radius 3 is 2.37 bits per heavy atom. The van der Waals surface area contributed by atoms with Gasteiger partial charge in [0.15, 0.2) is 0 Å². The Labute approximate surface area is 225 Å². The summed E-state index contributed by atoms with van der Waals surface area (Å²) in [7, 11) is -2.52. The highest BCUT2D eigenvalue weighted by Crippen LogP contribution is 2.22. The number of benzene rings is 3. The van der Waals surface area contributed by atoms with Gasteiger partial charge in [-0.25, -0.2) is 8.42 Å². The molecule has 1 aliphatic rings. The minimum atomic E-state index is -3.92. The fraction of sp³-hybridized carbons (Fsp3) is 0.400. The molecule has 3 aromatic carbocycles. The highest BCUT2D eigenvalue weighted by molar-refractivity contribution is 7.89. The van der Waals surface area contributed by atoms with Crippen LogP contribution in [-0.4, -0.2) is 55.1 Å². The van der Waals surface area contributed by atoms with E-state index < -0.39 is 22.0 Å². The maximum atomic E-state index is 13.6. The van der Waals surface area contributed by atoms with E-state index in [1.54, 1.807) is 25.1 Å². The van der Waals surface area contributed by atoms with Gasteiger partial charge in [-0.1, -0.05) is 79.4 Å². The van der Waals surface area contributed by atoms with Crippen LogP contribution >= 0.6 is 0 Å². The number of hydrogen-bond acceptors (Lipinski definition) is 4. The number of hydrogen-bond donors (Lipinski definition) is 1. The lowest BCUT2D eigenvalue weighted by Gasteiger charge is -2.32. The van der Waals surface area contributed by atoms with Crippen molar-refractivity contribution in [3.05, 3.63) is 77.9 Å². The van der Waals surface area contributed by atoms with E-state index in [2.05, 4.69) is 5.32 Å². The summed E-state index contributed by atoms with van der Waals surface area (Å²) in [5.74, 6) is -0.636. The van der Waals surface area contributed by atoms with Crippen LogP contribution in [0.25, 0.3) is 10.8 Å². The van der Waals surface area contributed by atoms with Crippen LogP contribution in [0.3, 0.4) is 0 Å². The standard InChI is InChI=1S/C30H37N3O4S/c1-22-10-9-11-24(18-22)20-33(23(2)30(35)31-27-14-5-4-6-15-27)29(34)21-32(3)38(36,37)28-17-16-25-12-7-8-13-26(25)19-28/h7-13,16-19,23,27H,4-6,14-15,20-21H2,1-3H3,(H,31,35)/t23-/m1/s1. The fourth-order valence-corrected chi connectivity index (χ4v) is 6.19. The molecule has 1 N–H and O–H groups in total. The van der Waals surface area contributed by atoms with Gasteiger partial charge in [-0.05, 0) is 55.2 Å². The van der Waals surface area contributed by atoms with Crippen LogP contribution in [0.2, 0.25) is 0 Å². The Morgan fingerprint density at radius 1 is 0.947 bits per heavy atom. The average Bonchev–Trinajstić information content (AvgIpc) is 2.91. The number of carbonyl (C=O) groups excluding carboxylic acids is 2. The van der Waals surface area contributed by atoms with E-state index >= 15 is 0 Å². The van der Waals surface area contributed by atoms with E-state index in [-0.39, 0.29) is 29.9 Å². The highest BCUT2D eigenvalue weighted by Gasteiger charge is 2.31. The molecule has 0 aromatic heterocycles. The van der Waals surface area contributed by atoms with Crippen LogP contribution in [0.5, 0.6) is 0 Å². The van der Waals surface area contributed by atoms with Gasteiger partial charge < -0.3 is 10.2 Å². The van der Waals surface area contributed by atoms with E-state index in [0.717, 1.165) is 51.9 Å². The molecule has 0 unspecified atom stereocenters. The zero-order valence-electron chi connectivity index (χ0n) is 22.4. The largest absolute Gasteiger partial charge is 0.352 e. The van der Waals surface area contributed by atoms with Gasteiger partial charge in [0.25, 0.3) is 0 Å². The Balaban J connectivity index is 1.54. The molecule has 0 bridgehead atoms. The van der Waals surface area contributed by atoms with Crippen molar-refractivity contribution in [2.45, 2.75) is 69.5 Å². The van der Waals surface area contributed by atoms with Gasteiger partial charge in [0.1, 0.15) is 6.04 Å². The third kappa shape index (κ3) is 6.60. The number of rotatable bonds is 9. The summed E-state index contributed by atoms with van der Waals surface area (Å²) in [6, 6.07) is 19.6. The second-order valence-electron chi connectivity index (χ2n) is 10.3. The molecule has 1 saturated carbocycles. The molecule has 3 aromatic rings. The quantitative estimate of drug-likeness (QED) is 0.433. The van der Waals surface area contributed by atoms with Crippen molar-refractivity contribution in [3.8, 4) is 0 Å². The van der Waals surface area contributed by atoms with Gasteiger partial charge in [-0.3, -0.25) is 9.59 Å². The summed E-state index contributed by atoms with van der Waals surface area (Å²) in [5.41, 5.74) is 1.93. The number of nitrogens with zero attached hydrogens (tertiary/aromatic N) is 2. The number of fused-ring (bicyclic) bond motifs is 1. The van der Waals surface area contributed by atoms with Crippen LogP contribution in [0.4, 0.5) is 0 Å². The predicted molar refractivity (Wildman–Crippen MR) is 150 cm³/mol. The van der Waals surface area contributed by atoms with Gasteiger partial charge in [-0.2, -0.15) is 4.31 Å². The molecule has 8 heteroatoms. The minimum absolute atomic E-state index is 0.116. The smallest absolute Gasteiger partial charge is 0.243 e. The molecule has 7 nitrogen and oxygen atoms in total. The molecule has 38 heavy (non-hydrogen) atoms. The average molecular weight is 536 g/mol. The molecule has 1 atom stereocenters. The topological polar surface area (TPSA) is 86.8 Å². The van der Waals surface area contributed by atoms with Crippen molar-refractivity contribution in [1.29, 1.82) is 0 Å². The Hall–Kier alpha value is -3.23. The van der Waals surface area contributed by atoms with Crippen LogP contribution in [-0.2, 0) is 26.2 Å². The molecule has 0 radical (unpaired) electrons. The number of likely N-dealkylation sites (N-methyl/N-ethyl adjacent to an activating group) is 1. The fourth-order valence-electron chi connectivity index (χ4n) is 5.03. The van der Waals surface area contributed by atoms with Crippen LogP contribution in [0.1, 0.15) is 50.2 Å². The first-order valence-electron chi connectivity index (χ1n) is 13.3. The molecule has 0 saturated heterocycles.